The Balaban J connectivity index is 2.53. The van der Waals surface area contributed by atoms with E-state index in [4.69, 9.17) is 17.3 Å². The van der Waals surface area contributed by atoms with Gasteiger partial charge in [0.2, 0.25) is 0 Å². The van der Waals surface area contributed by atoms with Crippen LogP contribution in [0, 0.1) is 0 Å². The Morgan fingerprint density at radius 2 is 2.29 bits per heavy atom. The zero-order valence-corrected chi connectivity index (χ0v) is 8.38. The first-order valence-electron chi connectivity index (χ1n) is 4.44. The van der Waals surface area contributed by atoms with Gasteiger partial charge in [-0.05, 0) is 23.8 Å². The van der Waals surface area contributed by atoms with Crippen molar-refractivity contribution in [3.63, 3.8) is 0 Å². The molecule has 0 amide bonds. The van der Waals surface area contributed by atoms with E-state index in [1.165, 1.54) is 0 Å². The molecule has 0 aliphatic rings. The van der Waals surface area contributed by atoms with Crippen molar-refractivity contribution in [1.29, 1.82) is 0 Å². The molecule has 0 bridgehead atoms. The van der Waals surface area contributed by atoms with Gasteiger partial charge in [0.05, 0.1) is 5.02 Å². The largest absolute Gasteiger partial charge is 0.361 e. The Morgan fingerprint density at radius 3 is 3.07 bits per heavy atom. The molecule has 3 N–H and O–H groups in total. The third kappa shape index (κ3) is 1.67. The van der Waals surface area contributed by atoms with Crippen LogP contribution in [0.15, 0.2) is 30.5 Å². The average Bonchev–Trinajstić information content (AvgIpc) is 2.63. The van der Waals surface area contributed by atoms with Crippen molar-refractivity contribution >= 4 is 28.6 Å². The zero-order valence-electron chi connectivity index (χ0n) is 7.63. The summed E-state index contributed by atoms with van der Waals surface area (Å²) in [5.74, 6) is 0. The molecule has 0 saturated carbocycles. The van der Waals surface area contributed by atoms with E-state index in [-0.39, 0.29) is 0 Å². The Kier molecular flexibility index (Phi) is 2.57. The van der Waals surface area contributed by atoms with Gasteiger partial charge >= 0.3 is 0 Å². The standard InChI is InChI=1S/C11H11ClN2/c12-10-6-8(2-1-4-13)7-11-9(10)3-5-14-11/h1-3,5-7,14H,4,13H2/b2-1+. The Hall–Kier alpha value is -1.25. The molecular formula is C11H11ClN2. The van der Waals surface area contributed by atoms with Crippen molar-refractivity contribution in [3.05, 3.63) is 41.1 Å². The highest BCUT2D eigenvalue weighted by molar-refractivity contribution is 6.35. The number of nitrogens with one attached hydrogen (secondary N) is 1. The first-order valence-corrected chi connectivity index (χ1v) is 4.82. The van der Waals surface area contributed by atoms with Crippen molar-refractivity contribution in [1.82, 2.24) is 4.98 Å². The summed E-state index contributed by atoms with van der Waals surface area (Å²) >= 11 is 6.10. The first-order chi connectivity index (χ1) is 6.81. The van der Waals surface area contributed by atoms with Crippen molar-refractivity contribution < 1.29 is 0 Å². The summed E-state index contributed by atoms with van der Waals surface area (Å²) in [4.78, 5) is 3.13. The predicted molar refractivity (Wildman–Crippen MR) is 61.4 cm³/mol. The van der Waals surface area contributed by atoms with Gasteiger partial charge < -0.3 is 10.7 Å². The van der Waals surface area contributed by atoms with Crippen LogP contribution in [-0.2, 0) is 0 Å². The molecule has 2 nitrogen and oxygen atoms in total. The van der Waals surface area contributed by atoms with Gasteiger partial charge in [0.25, 0.3) is 0 Å². The van der Waals surface area contributed by atoms with E-state index in [9.17, 15) is 0 Å². The molecule has 14 heavy (non-hydrogen) atoms. The van der Waals surface area contributed by atoms with Crippen LogP contribution >= 0.6 is 11.6 Å². The highest BCUT2D eigenvalue weighted by atomic mass is 35.5. The SMILES string of the molecule is NC/C=C/c1cc(Cl)c2cc[nH]c2c1. The predicted octanol–water partition coefficient (Wildman–Crippen LogP) is 2.79. The van der Waals surface area contributed by atoms with Crippen LogP contribution < -0.4 is 5.73 Å². The highest BCUT2D eigenvalue weighted by Gasteiger charge is 2.00. The third-order valence-electron chi connectivity index (χ3n) is 2.09. The molecule has 0 radical (unpaired) electrons. The molecule has 2 aromatic rings. The summed E-state index contributed by atoms with van der Waals surface area (Å²) < 4.78 is 0. The lowest BCUT2D eigenvalue weighted by Gasteiger charge is -1.97. The van der Waals surface area contributed by atoms with Gasteiger partial charge in [0.15, 0.2) is 0 Å². The number of fused-ring (bicyclic) bond motifs is 1. The average molecular weight is 207 g/mol. The van der Waals surface area contributed by atoms with Crippen molar-refractivity contribution in [2.45, 2.75) is 0 Å². The Morgan fingerprint density at radius 1 is 1.43 bits per heavy atom. The zero-order chi connectivity index (χ0) is 9.97. The van der Waals surface area contributed by atoms with Gasteiger partial charge in [-0.2, -0.15) is 0 Å². The maximum absolute atomic E-state index is 6.10. The van der Waals surface area contributed by atoms with E-state index in [0.717, 1.165) is 21.5 Å². The second-order valence-corrected chi connectivity index (χ2v) is 3.49. The molecule has 1 aromatic carbocycles. The molecule has 1 aromatic heterocycles. The van der Waals surface area contributed by atoms with Crippen LogP contribution in [0.25, 0.3) is 17.0 Å². The minimum absolute atomic E-state index is 0.542. The highest BCUT2D eigenvalue weighted by Crippen LogP contribution is 2.24. The third-order valence-corrected chi connectivity index (χ3v) is 2.40. The van der Waals surface area contributed by atoms with E-state index in [2.05, 4.69) is 4.98 Å². The summed E-state index contributed by atoms with van der Waals surface area (Å²) in [6, 6.07) is 5.95. The van der Waals surface area contributed by atoms with Crippen molar-refractivity contribution in [3.8, 4) is 0 Å². The fourth-order valence-corrected chi connectivity index (χ4v) is 1.73. The number of hydrogen-bond donors (Lipinski definition) is 2. The summed E-state index contributed by atoms with van der Waals surface area (Å²) in [5, 5.41) is 1.82. The topological polar surface area (TPSA) is 41.8 Å². The van der Waals surface area contributed by atoms with Crippen LogP contribution in [0.5, 0.6) is 0 Å². The minimum Gasteiger partial charge on any atom is -0.361 e. The molecule has 1 heterocycles. The quantitative estimate of drug-likeness (QED) is 0.780. The van der Waals surface area contributed by atoms with E-state index in [0.29, 0.717) is 6.54 Å². The minimum atomic E-state index is 0.542. The molecule has 0 spiro atoms. The number of rotatable bonds is 2. The van der Waals surface area contributed by atoms with Crippen molar-refractivity contribution in [2.75, 3.05) is 6.54 Å². The van der Waals surface area contributed by atoms with Crippen LogP contribution in [0.2, 0.25) is 5.02 Å². The number of H-pyrrole nitrogens is 1. The lowest BCUT2D eigenvalue weighted by molar-refractivity contribution is 1.26. The summed E-state index contributed by atoms with van der Waals surface area (Å²) in [7, 11) is 0. The molecular weight excluding hydrogens is 196 g/mol. The van der Waals surface area contributed by atoms with Gasteiger partial charge in [-0.1, -0.05) is 23.8 Å². The van der Waals surface area contributed by atoms with Crippen LogP contribution in [0.1, 0.15) is 5.56 Å². The van der Waals surface area contributed by atoms with E-state index in [1.807, 2.05) is 36.5 Å². The molecule has 72 valence electrons. The summed E-state index contributed by atoms with van der Waals surface area (Å²) in [5.41, 5.74) is 7.49. The molecule has 0 saturated heterocycles. The Labute approximate surface area is 87.4 Å². The van der Waals surface area contributed by atoms with E-state index >= 15 is 0 Å². The second kappa shape index (κ2) is 3.86. The molecule has 0 fully saturated rings. The number of hydrogen-bond acceptors (Lipinski definition) is 1. The van der Waals surface area contributed by atoms with Crippen molar-refractivity contribution in [2.24, 2.45) is 5.73 Å². The van der Waals surface area contributed by atoms with Gasteiger partial charge in [0.1, 0.15) is 0 Å². The monoisotopic (exact) mass is 206 g/mol. The smallest absolute Gasteiger partial charge is 0.0505 e. The lowest BCUT2D eigenvalue weighted by atomic mass is 10.1. The normalized spacial score (nSPS) is 11.6. The molecule has 0 unspecified atom stereocenters. The molecule has 0 aliphatic heterocycles. The number of halogens is 1. The molecule has 2 rings (SSSR count). The van der Waals surface area contributed by atoms with Crippen LogP contribution in [-0.4, -0.2) is 11.5 Å². The van der Waals surface area contributed by atoms with Gasteiger partial charge in [-0.15, -0.1) is 0 Å². The maximum atomic E-state index is 6.10. The molecule has 0 aliphatic carbocycles. The van der Waals surface area contributed by atoms with Crippen LogP contribution in [0.3, 0.4) is 0 Å². The first kappa shape index (κ1) is 9.31. The van der Waals surface area contributed by atoms with Crippen LogP contribution in [0.4, 0.5) is 0 Å². The second-order valence-electron chi connectivity index (χ2n) is 3.08. The van der Waals surface area contributed by atoms with Gasteiger partial charge in [-0.25, -0.2) is 0 Å². The summed E-state index contributed by atoms with van der Waals surface area (Å²) in [6.07, 6.45) is 5.75. The number of nitrogens with two attached hydrogens (primary N) is 1. The number of aromatic nitrogens is 1. The molecule has 0 atom stereocenters. The summed E-state index contributed by atoms with van der Waals surface area (Å²) in [6.45, 7) is 0.542. The lowest BCUT2D eigenvalue weighted by Crippen LogP contribution is -1.91. The fraction of sp³-hybridized carbons (Fsp3) is 0.0909. The fourth-order valence-electron chi connectivity index (χ4n) is 1.44. The van der Waals surface area contributed by atoms with E-state index in [1.54, 1.807) is 0 Å². The Bertz CT molecular complexity index is 471. The maximum Gasteiger partial charge on any atom is 0.0505 e. The molecule has 3 heteroatoms. The van der Waals surface area contributed by atoms with Gasteiger partial charge in [-0.3, -0.25) is 0 Å². The van der Waals surface area contributed by atoms with E-state index < -0.39 is 0 Å². The number of benzene rings is 1. The van der Waals surface area contributed by atoms with Gasteiger partial charge in [0, 0.05) is 23.6 Å². The number of aromatic amines is 1.